The summed E-state index contributed by atoms with van der Waals surface area (Å²) in [4.78, 5) is 11.9. The molecule has 5 heteroatoms. The number of anilines is 1. The van der Waals surface area contributed by atoms with Gasteiger partial charge in [-0.2, -0.15) is 0 Å². The third kappa shape index (κ3) is 5.10. The van der Waals surface area contributed by atoms with Gasteiger partial charge in [-0.1, -0.05) is 35.3 Å². The van der Waals surface area contributed by atoms with E-state index < -0.39 is 0 Å². The predicted octanol–water partition coefficient (Wildman–Crippen LogP) is 5.04. The molecule has 0 fully saturated rings. The fraction of sp³-hybridized carbons (Fsp3) is 0.118. The molecule has 0 spiro atoms. The maximum absolute atomic E-state index is 11.9. The Labute approximate surface area is 139 Å². The third-order valence-corrected chi connectivity index (χ3v) is 3.18. The van der Waals surface area contributed by atoms with E-state index in [1.807, 2.05) is 31.2 Å². The number of carbonyl (C=O) groups is 1. The van der Waals surface area contributed by atoms with Crippen LogP contribution >= 0.6 is 23.2 Å². The second-order valence-corrected chi connectivity index (χ2v) is 5.36. The van der Waals surface area contributed by atoms with E-state index in [0.29, 0.717) is 22.3 Å². The molecular formula is C17H15Cl2NO2. The van der Waals surface area contributed by atoms with Crippen molar-refractivity contribution in [2.75, 3.05) is 11.9 Å². The first-order valence-corrected chi connectivity index (χ1v) is 7.50. The van der Waals surface area contributed by atoms with E-state index in [4.69, 9.17) is 27.9 Å². The lowest BCUT2D eigenvalue weighted by molar-refractivity contribution is -0.111. The molecule has 114 valence electrons. The monoisotopic (exact) mass is 335 g/mol. The molecule has 0 saturated carbocycles. The van der Waals surface area contributed by atoms with Gasteiger partial charge in [0.25, 0.3) is 0 Å². The molecule has 0 saturated heterocycles. The summed E-state index contributed by atoms with van der Waals surface area (Å²) in [7, 11) is 0. The molecule has 0 radical (unpaired) electrons. The van der Waals surface area contributed by atoms with E-state index in [0.717, 1.165) is 11.3 Å². The van der Waals surface area contributed by atoms with E-state index in [-0.39, 0.29) is 5.91 Å². The zero-order valence-corrected chi connectivity index (χ0v) is 13.5. The van der Waals surface area contributed by atoms with Crippen LogP contribution in [0.25, 0.3) is 6.08 Å². The summed E-state index contributed by atoms with van der Waals surface area (Å²) in [5.74, 6) is 0.546. The summed E-state index contributed by atoms with van der Waals surface area (Å²) in [6.45, 7) is 2.56. The van der Waals surface area contributed by atoms with Gasteiger partial charge in [0.05, 0.1) is 6.61 Å². The van der Waals surface area contributed by atoms with E-state index in [9.17, 15) is 4.79 Å². The van der Waals surface area contributed by atoms with Crippen LogP contribution in [0.15, 0.2) is 48.5 Å². The standard InChI is InChI=1S/C17H15Cl2NO2/c1-2-22-16-6-3-12(4-7-16)5-8-17(21)20-15-10-13(18)9-14(19)11-15/h3-11H,2H2,1H3,(H,20,21). The molecule has 0 aliphatic rings. The van der Waals surface area contributed by atoms with Crippen LogP contribution in [0.3, 0.4) is 0 Å². The van der Waals surface area contributed by atoms with Gasteiger partial charge in [-0.3, -0.25) is 4.79 Å². The van der Waals surface area contributed by atoms with Crippen molar-refractivity contribution in [1.29, 1.82) is 0 Å². The van der Waals surface area contributed by atoms with Crippen molar-refractivity contribution in [2.45, 2.75) is 6.92 Å². The second-order valence-electron chi connectivity index (χ2n) is 4.48. The Bertz CT molecular complexity index is 661. The van der Waals surface area contributed by atoms with Crippen molar-refractivity contribution in [3.8, 4) is 5.75 Å². The summed E-state index contributed by atoms with van der Waals surface area (Å²) >= 11 is 11.8. The summed E-state index contributed by atoms with van der Waals surface area (Å²) in [5, 5.41) is 3.65. The molecule has 3 nitrogen and oxygen atoms in total. The maximum atomic E-state index is 11.9. The van der Waals surface area contributed by atoms with Gasteiger partial charge in [-0.25, -0.2) is 0 Å². The average molecular weight is 336 g/mol. The summed E-state index contributed by atoms with van der Waals surface area (Å²) in [6.07, 6.45) is 3.17. The highest BCUT2D eigenvalue weighted by molar-refractivity contribution is 6.35. The van der Waals surface area contributed by atoms with Crippen LogP contribution in [0.5, 0.6) is 5.75 Å². The third-order valence-electron chi connectivity index (χ3n) is 2.75. The Morgan fingerprint density at radius 2 is 1.77 bits per heavy atom. The molecule has 2 rings (SSSR count). The molecule has 1 amide bonds. The number of hydrogen-bond acceptors (Lipinski definition) is 2. The highest BCUT2D eigenvalue weighted by Gasteiger charge is 2.01. The molecule has 2 aromatic rings. The Morgan fingerprint density at radius 3 is 2.36 bits per heavy atom. The molecule has 0 aromatic heterocycles. The highest BCUT2D eigenvalue weighted by atomic mass is 35.5. The van der Waals surface area contributed by atoms with Crippen molar-refractivity contribution in [3.05, 3.63) is 64.1 Å². The molecule has 2 aromatic carbocycles. The lowest BCUT2D eigenvalue weighted by Crippen LogP contribution is -2.07. The lowest BCUT2D eigenvalue weighted by Gasteiger charge is -2.04. The SMILES string of the molecule is CCOc1ccc(C=CC(=O)Nc2cc(Cl)cc(Cl)c2)cc1. The number of hydrogen-bond donors (Lipinski definition) is 1. The molecule has 0 aliphatic carbocycles. The Balaban J connectivity index is 1.98. The highest BCUT2D eigenvalue weighted by Crippen LogP contribution is 2.22. The molecular weight excluding hydrogens is 321 g/mol. The van der Waals surface area contributed by atoms with Gasteiger partial charge in [-0.05, 0) is 48.9 Å². The first-order valence-electron chi connectivity index (χ1n) is 6.75. The average Bonchev–Trinajstić information content (AvgIpc) is 2.46. The summed E-state index contributed by atoms with van der Waals surface area (Å²) in [5.41, 5.74) is 1.46. The van der Waals surface area contributed by atoms with Crippen LogP contribution in [0.2, 0.25) is 10.0 Å². The molecule has 22 heavy (non-hydrogen) atoms. The second kappa shape index (κ2) is 7.87. The minimum Gasteiger partial charge on any atom is -0.494 e. The van der Waals surface area contributed by atoms with Gasteiger partial charge < -0.3 is 10.1 Å². The van der Waals surface area contributed by atoms with E-state index >= 15 is 0 Å². The smallest absolute Gasteiger partial charge is 0.248 e. The van der Waals surface area contributed by atoms with Gasteiger partial charge in [0.15, 0.2) is 0 Å². The molecule has 0 aliphatic heterocycles. The molecule has 0 unspecified atom stereocenters. The number of ether oxygens (including phenoxy) is 1. The first-order chi connectivity index (χ1) is 10.6. The van der Waals surface area contributed by atoms with Crippen molar-refractivity contribution < 1.29 is 9.53 Å². The van der Waals surface area contributed by atoms with Gasteiger partial charge in [0, 0.05) is 21.8 Å². The molecule has 1 N–H and O–H groups in total. The number of rotatable bonds is 5. The largest absolute Gasteiger partial charge is 0.494 e. The lowest BCUT2D eigenvalue weighted by atomic mass is 10.2. The van der Waals surface area contributed by atoms with Crippen LogP contribution in [0, 0.1) is 0 Å². The van der Waals surface area contributed by atoms with Crippen LogP contribution < -0.4 is 10.1 Å². The van der Waals surface area contributed by atoms with Crippen molar-refractivity contribution in [2.24, 2.45) is 0 Å². The summed E-state index contributed by atoms with van der Waals surface area (Å²) in [6, 6.07) is 12.4. The van der Waals surface area contributed by atoms with Gasteiger partial charge >= 0.3 is 0 Å². The topological polar surface area (TPSA) is 38.3 Å². The zero-order valence-electron chi connectivity index (χ0n) is 12.0. The van der Waals surface area contributed by atoms with Gasteiger partial charge in [-0.15, -0.1) is 0 Å². The molecule has 0 bridgehead atoms. The maximum Gasteiger partial charge on any atom is 0.248 e. The quantitative estimate of drug-likeness (QED) is 0.777. The summed E-state index contributed by atoms with van der Waals surface area (Å²) < 4.78 is 5.36. The van der Waals surface area contributed by atoms with Crippen LogP contribution in [-0.4, -0.2) is 12.5 Å². The van der Waals surface area contributed by atoms with Crippen molar-refractivity contribution in [3.63, 3.8) is 0 Å². The van der Waals surface area contributed by atoms with Gasteiger partial charge in [0.1, 0.15) is 5.75 Å². The van der Waals surface area contributed by atoms with Gasteiger partial charge in [0.2, 0.25) is 5.91 Å². The van der Waals surface area contributed by atoms with Crippen molar-refractivity contribution in [1.82, 2.24) is 0 Å². The number of benzene rings is 2. The minimum absolute atomic E-state index is 0.257. The van der Waals surface area contributed by atoms with E-state index in [1.165, 1.54) is 6.08 Å². The number of halogens is 2. The van der Waals surface area contributed by atoms with Crippen LogP contribution in [0.4, 0.5) is 5.69 Å². The van der Waals surface area contributed by atoms with E-state index in [2.05, 4.69) is 5.32 Å². The Morgan fingerprint density at radius 1 is 1.14 bits per heavy atom. The normalized spacial score (nSPS) is 10.7. The Hall–Kier alpha value is -1.97. The fourth-order valence-electron chi connectivity index (χ4n) is 1.82. The number of nitrogens with one attached hydrogen (secondary N) is 1. The fourth-order valence-corrected chi connectivity index (χ4v) is 2.35. The molecule has 0 atom stereocenters. The first kappa shape index (κ1) is 16.4. The van der Waals surface area contributed by atoms with E-state index in [1.54, 1.807) is 24.3 Å². The van der Waals surface area contributed by atoms with Crippen molar-refractivity contribution >= 4 is 40.9 Å². The number of carbonyl (C=O) groups excluding carboxylic acids is 1. The number of amides is 1. The van der Waals surface area contributed by atoms with Crippen LogP contribution in [0.1, 0.15) is 12.5 Å². The Kier molecular flexibility index (Phi) is 5.87. The predicted molar refractivity (Wildman–Crippen MR) is 91.7 cm³/mol. The minimum atomic E-state index is -0.257. The van der Waals surface area contributed by atoms with Crippen LogP contribution in [-0.2, 0) is 4.79 Å². The zero-order chi connectivity index (χ0) is 15.9. The molecule has 0 heterocycles.